The Bertz CT molecular complexity index is 560. The smallest absolute Gasteiger partial charge is 0.339 e. The molecule has 0 aliphatic carbocycles. The molecule has 4 nitrogen and oxygen atoms in total. The van der Waals surface area contributed by atoms with E-state index in [1.807, 2.05) is 24.3 Å². The summed E-state index contributed by atoms with van der Waals surface area (Å²) in [6.45, 7) is 0. The molecule has 0 saturated carbocycles. The van der Waals surface area contributed by atoms with E-state index in [-0.39, 0.29) is 5.56 Å². The number of aromatic carboxylic acids is 1. The van der Waals surface area contributed by atoms with Gasteiger partial charge in [-0.2, -0.15) is 0 Å². The van der Waals surface area contributed by atoms with Crippen molar-refractivity contribution in [2.24, 2.45) is 0 Å². The highest BCUT2D eigenvalue weighted by atomic mass is 79.9. The average molecular weight is 325 g/mol. The summed E-state index contributed by atoms with van der Waals surface area (Å²) in [5, 5.41) is 9.00. The van der Waals surface area contributed by atoms with Gasteiger partial charge in [-0.1, -0.05) is 15.9 Å². The predicted molar refractivity (Wildman–Crippen MR) is 72.7 cm³/mol. The summed E-state index contributed by atoms with van der Waals surface area (Å²) in [5.41, 5.74) is 0.688. The Balaban J connectivity index is 2.10. The summed E-state index contributed by atoms with van der Waals surface area (Å²) in [6.07, 6.45) is 2.69. The Morgan fingerprint density at radius 3 is 2.72 bits per heavy atom. The van der Waals surface area contributed by atoms with Crippen molar-refractivity contribution in [1.82, 2.24) is 9.97 Å². The van der Waals surface area contributed by atoms with E-state index in [9.17, 15) is 4.79 Å². The number of carboxylic acids is 1. The fraction of sp³-hybridized carbons (Fsp3) is 0.0833. The van der Waals surface area contributed by atoms with Crippen LogP contribution in [0.5, 0.6) is 0 Å². The van der Waals surface area contributed by atoms with Crippen LogP contribution in [-0.2, 0) is 5.75 Å². The lowest BCUT2D eigenvalue weighted by molar-refractivity contribution is 0.0695. The molecule has 2 aromatic rings. The van der Waals surface area contributed by atoms with E-state index in [0.29, 0.717) is 11.4 Å². The topological polar surface area (TPSA) is 63.1 Å². The van der Waals surface area contributed by atoms with E-state index >= 15 is 0 Å². The first-order valence-electron chi connectivity index (χ1n) is 5.07. The number of rotatable bonds is 4. The summed E-state index contributed by atoms with van der Waals surface area (Å²) in [4.78, 5) is 19.8. The second-order valence-corrected chi connectivity index (χ2v) is 5.40. The van der Waals surface area contributed by atoms with Gasteiger partial charge in [0.1, 0.15) is 11.9 Å². The van der Waals surface area contributed by atoms with Gasteiger partial charge in [0.25, 0.3) is 0 Å². The molecule has 92 valence electrons. The van der Waals surface area contributed by atoms with Crippen molar-refractivity contribution in [1.29, 1.82) is 0 Å². The fourth-order valence-electron chi connectivity index (χ4n) is 1.33. The maximum atomic E-state index is 11.0. The Morgan fingerprint density at radius 1 is 1.33 bits per heavy atom. The number of thioether (sulfide) groups is 1. The molecule has 0 unspecified atom stereocenters. The number of halogens is 1. The van der Waals surface area contributed by atoms with Crippen LogP contribution in [0.3, 0.4) is 0 Å². The molecule has 0 amide bonds. The number of carbonyl (C=O) groups is 1. The van der Waals surface area contributed by atoms with Crippen LogP contribution in [0.2, 0.25) is 0 Å². The van der Waals surface area contributed by atoms with Crippen LogP contribution in [0.15, 0.2) is 46.2 Å². The van der Waals surface area contributed by atoms with Gasteiger partial charge in [-0.25, -0.2) is 14.8 Å². The molecule has 0 bridgehead atoms. The van der Waals surface area contributed by atoms with Crippen LogP contribution in [0, 0.1) is 0 Å². The van der Waals surface area contributed by atoms with Gasteiger partial charge in [-0.3, -0.25) is 0 Å². The Morgan fingerprint density at radius 2 is 2.06 bits per heavy atom. The summed E-state index contributed by atoms with van der Waals surface area (Å²) in [6, 6.07) is 7.83. The lowest BCUT2D eigenvalue weighted by Gasteiger charge is -2.04. The molecule has 0 aliphatic rings. The number of hydrogen-bond acceptors (Lipinski definition) is 4. The summed E-state index contributed by atoms with van der Waals surface area (Å²) in [5.74, 6) is -0.492. The lowest BCUT2D eigenvalue weighted by atomic mass is 10.2. The van der Waals surface area contributed by atoms with Gasteiger partial charge in [0.15, 0.2) is 0 Å². The average Bonchev–Trinajstić information content (AvgIpc) is 2.38. The van der Waals surface area contributed by atoms with Crippen molar-refractivity contribution in [3.63, 3.8) is 0 Å². The minimum Gasteiger partial charge on any atom is -0.478 e. The molecule has 1 aromatic heterocycles. The van der Waals surface area contributed by atoms with Crippen molar-refractivity contribution >= 4 is 33.7 Å². The number of aromatic nitrogens is 2. The maximum Gasteiger partial charge on any atom is 0.339 e. The zero-order valence-electron chi connectivity index (χ0n) is 9.21. The highest BCUT2D eigenvalue weighted by Gasteiger charge is 2.11. The predicted octanol–water partition coefficient (Wildman–Crippen LogP) is 3.23. The third-order valence-corrected chi connectivity index (χ3v) is 3.77. The van der Waals surface area contributed by atoms with E-state index in [2.05, 4.69) is 25.9 Å². The highest BCUT2D eigenvalue weighted by molar-refractivity contribution is 9.10. The minimum absolute atomic E-state index is 0.155. The Kier molecular flexibility index (Phi) is 4.33. The van der Waals surface area contributed by atoms with Crippen LogP contribution in [0.1, 0.15) is 16.1 Å². The monoisotopic (exact) mass is 324 g/mol. The fourth-order valence-corrected chi connectivity index (χ4v) is 2.46. The molecular formula is C12H9BrN2O2S. The van der Waals surface area contributed by atoms with E-state index in [1.54, 1.807) is 0 Å². The molecule has 6 heteroatoms. The Hall–Kier alpha value is -1.40. The van der Waals surface area contributed by atoms with Crippen LogP contribution in [-0.4, -0.2) is 21.0 Å². The van der Waals surface area contributed by atoms with Crippen LogP contribution >= 0.6 is 27.7 Å². The van der Waals surface area contributed by atoms with Crippen molar-refractivity contribution in [2.45, 2.75) is 10.6 Å². The SMILES string of the molecule is O=C(O)c1cncnc1CSc1ccc(Br)cc1. The van der Waals surface area contributed by atoms with Gasteiger partial charge in [0.05, 0.1) is 5.69 Å². The van der Waals surface area contributed by atoms with E-state index < -0.39 is 5.97 Å². The molecule has 18 heavy (non-hydrogen) atoms. The van der Waals surface area contributed by atoms with Gasteiger partial charge < -0.3 is 5.11 Å². The summed E-state index contributed by atoms with van der Waals surface area (Å²) >= 11 is 4.90. The first kappa shape index (κ1) is 13.0. The number of benzene rings is 1. The zero-order valence-corrected chi connectivity index (χ0v) is 11.6. The highest BCUT2D eigenvalue weighted by Crippen LogP contribution is 2.24. The number of hydrogen-bond donors (Lipinski definition) is 1. The van der Waals surface area contributed by atoms with Gasteiger partial charge >= 0.3 is 5.97 Å². The quantitative estimate of drug-likeness (QED) is 0.875. The second-order valence-electron chi connectivity index (χ2n) is 3.43. The normalized spacial score (nSPS) is 10.3. The third kappa shape index (κ3) is 3.30. The van der Waals surface area contributed by atoms with Gasteiger partial charge in [-0.05, 0) is 24.3 Å². The van der Waals surface area contributed by atoms with Crippen molar-refractivity contribution in [3.8, 4) is 0 Å². The molecule has 0 aliphatic heterocycles. The lowest BCUT2D eigenvalue weighted by Crippen LogP contribution is -2.04. The van der Waals surface area contributed by atoms with Crippen molar-refractivity contribution < 1.29 is 9.90 Å². The molecule has 2 rings (SSSR count). The first-order chi connectivity index (χ1) is 8.66. The van der Waals surface area contributed by atoms with E-state index in [0.717, 1.165) is 9.37 Å². The number of carboxylic acid groups (broad SMARTS) is 1. The zero-order chi connectivity index (χ0) is 13.0. The first-order valence-corrected chi connectivity index (χ1v) is 6.85. The molecular weight excluding hydrogens is 316 g/mol. The molecule has 0 atom stereocenters. The van der Waals surface area contributed by atoms with Crippen LogP contribution < -0.4 is 0 Å². The second kappa shape index (κ2) is 5.97. The van der Waals surface area contributed by atoms with Gasteiger partial charge in [-0.15, -0.1) is 11.8 Å². The van der Waals surface area contributed by atoms with Crippen LogP contribution in [0.25, 0.3) is 0 Å². The van der Waals surface area contributed by atoms with Gasteiger partial charge in [0, 0.05) is 21.3 Å². The third-order valence-electron chi connectivity index (χ3n) is 2.21. The van der Waals surface area contributed by atoms with Gasteiger partial charge in [0.2, 0.25) is 0 Å². The standard InChI is InChI=1S/C12H9BrN2O2S/c13-8-1-3-9(4-2-8)18-6-11-10(12(16)17)5-14-7-15-11/h1-5,7H,6H2,(H,16,17). The molecule has 0 saturated heterocycles. The van der Waals surface area contributed by atoms with E-state index in [4.69, 9.17) is 5.11 Å². The molecule has 1 N–H and O–H groups in total. The number of nitrogens with zero attached hydrogens (tertiary/aromatic N) is 2. The van der Waals surface area contributed by atoms with Crippen molar-refractivity contribution in [3.05, 3.63) is 52.5 Å². The molecule has 0 fully saturated rings. The summed E-state index contributed by atoms with van der Waals surface area (Å²) < 4.78 is 1.01. The Labute approximate surface area is 117 Å². The molecule has 1 heterocycles. The summed E-state index contributed by atoms with van der Waals surface area (Å²) in [7, 11) is 0. The molecule has 1 aromatic carbocycles. The molecule has 0 spiro atoms. The van der Waals surface area contributed by atoms with Crippen molar-refractivity contribution in [2.75, 3.05) is 0 Å². The van der Waals surface area contributed by atoms with Crippen LogP contribution in [0.4, 0.5) is 0 Å². The largest absolute Gasteiger partial charge is 0.478 e. The minimum atomic E-state index is -0.998. The molecule has 0 radical (unpaired) electrons. The van der Waals surface area contributed by atoms with E-state index in [1.165, 1.54) is 24.3 Å². The maximum absolute atomic E-state index is 11.0.